The molecule has 7 heteroatoms. The zero-order chi connectivity index (χ0) is 16.1. The second-order valence-corrected chi connectivity index (χ2v) is 5.71. The fraction of sp³-hybridized carbons (Fsp3) is 0.125. The summed E-state index contributed by atoms with van der Waals surface area (Å²) in [5.41, 5.74) is 1.32. The smallest absolute Gasteiger partial charge is 0.259 e. The van der Waals surface area contributed by atoms with Crippen molar-refractivity contribution >= 4 is 23.5 Å². The molecule has 0 saturated heterocycles. The number of hydrogen-bond acceptors (Lipinski definition) is 6. The molecule has 3 heterocycles. The van der Waals surface area contributed by atoms with E-state index in [1.165, 1.54) is 11.8 Å². The number of carbonyl (C=O) groups is 1. The Morgan fingerprint density at radius 3 is 2.83 bits per heavy atom. The predicted molar refractivity (Wildman–Crippen MR) is 87.2 cm³/mol. The maximum absolute atomic E-state index is 12.4. The first kappa shape index (κ1) is 15.2. The molecule has 6 nitrogen and oxygen atoms in total. The number of nitrogens with zero attached hydrogens (tertiary/aromatic N) is 3. The number of pyridine rings is 2. The number of carbonyl (C=O) groups excluding carboxylic acids is 1. The third-order valence-corrected chi connectivity index (χ3v) is 3.99. The first-order valence-electron chi connectivity index (χ1n) is 6.95. The lowest BCUT2D eigenvalue weighted by Gasteiger charge is -2.07. The molecule has 3 rings (SSSR count). The Balaban J connectivity index is 1.73. The van der Waals surface area contributed by atoms with Crippen molar-refractivity contribution in [1.29, 1.82) is 0 Å². The van der Waals surface area contributed by atoms with Gasteiger partial charge in [0, 0.05) is 24.2 Å². The first-order valence-corrected chi connectivity index (χ1v) is 7.93. The highest BCUT2D eigenvalue weighted by Crippen LogP contribution is 2.24. The van der Waals surface area contributed by atoms with Gasteiger partial charge in [0.15, 0.2) is 0 Å². The molecule has 0 aliphatic carbocycles. The van der Waals surface area contributed by atoms with Gasteiger partial charge in [-0.2, -0.15) is 0 Å². The standard InChI is InChI=1S/C16H14N4O2S/c1-11-9-12(20-22-11)10-23-16-13(5-4-8-18-16)15(21)19-14-6-2-3-7-17-14/h2-9H,10H2,1H3,(H,17,19,21). The molecule has 116 valence electrons. The molecule has 0 unspecified atom stereocenters. The van der Waals surface area contributed by atoms with Crippen LogP contribution in [0.25, 0.3) is 0 Å². The van der Waals surface area contributed by atoms with E-state index in [2.05, 4.69) is 20.4 Å². The summed E-state index contributed by atoms with van der Waals surface area (Å²) < 4.78 is 5.04. The molecule has 0 fully saturated rings. The lowest BCUT2D eigenvalue weighted by molar-refractivity contribution is 0.102. The van der Waals surface area contributed by atoms with Gasteiger partial charge in [0.1, 0.15) is 16.6 Å². The molecule has 0 aliphatic heterocycles. The highest BCUT2D eigenvalue weighted by atomic mass is 32.2. The summed E-state index contributed by atoms with van der Waals surface area (Å²) in [4.78, 5) is 20.8. The van der Waals surface area contributed by atoms with Crippen molar-refractivity contribution in [2.75, 3.05) is 5.32 Å². The average molecular weight is 326 g/mol. The number of amides is 1. The lowest BCUT2D eigenvalue weighted by Crippen LogP contribution is -2.14. The van der Waals surface area contributed by atoms with Gasteiger partial charge in [-0.05, 0) is 31.2 Å². The summed E-state index contributed by atoms with van der Waals surface area (Å²) in [5.74, 6) is 1.60. The van der Waals surface area contributed by atoms with Gasteiger partial charge in [0.25, 0.3) is 5.91 Å². The highest BCUT2D eigenvalue weighted by molar-refractivity contribution is 7.98. The second kappa shape index (κ2) is 7.06. The highest BCUT2D eigenvalue weighted by Gasteiger charge is 2.14. The largest absolute Gasteiger partial charge is 0.361 e. The van der Waals surface area contributed by atoms with Crippen LogP contribution in [0.1, 0.15) is 21.8 Å². The summed E-state index contributed by atoms with van der Waals surface area (Å²) in [7, 11) is 0. The third kappa shape index (κ3) is 3.95. The van der Waals surface area contributed by atoms with Crippen molar-refractivity contribution in [2.45, 2.75) is 17.7 Å². The van der Waals surface area contributed by atoms with Crippen molar-refractivity contribution in [3.63, 3.8) is 0 Å². The van der Waals surface area contributed by atoms with E-state index in [9.17, 15) is 4.79 Å². The topological polar surface area (TPSA) is 80.9 Å². The molecule has 1 amide bonds. The van der Waals surface area contributed by atoms with E-state index < -0.39 is 0 Å². The van der Waals surface area contributed by atoms with Gasteiger partial charge in [0.2, 0.25) is 0 Å². The van der Waals surface area contributed by atoms with Crippen LogP contribution in [0.2, 0.25) is 0 Å². The fourth-order valence-electron chi connectivity index (χ4n) is 1.93. The molecule has 1 N–H and O–H groups in total. The molecule has 0 aromatic carbocycles. The van der Waals surface area contributed by atoms with Gasteiger partial charge < -0.3 is 9.84 Å². The number of hydrogen-bond donors (Lipinski definition) is 1. The minimum absolute atomic E-state index is 0.240. The van der Waals surface area contributed by atoms with Crippen molar-refractivity contribution in [1.82, 2.24) is 15.1 Å². The van der Waals surface area contributed by atoms with Gasteiger partial charge >= 0.3 is 0 Å². The van der Waals surface area contributed by atoms with E-state index in [4.69, 9.17) is 4.52 Å². The van der Waals surface area contributed by atoms with Gasteiger partial charge in [-0.3, -0.25) is 4.79 Å². The quantitative estimate of drug-likeness (QED) is 0.724. The number of thioether (sulfide) groups is 1. The zero-order valence-electron chi connectivity index (χ0n) is 12.4. The van der Waals surface area contributed by atoms with Crippen LogP contribution < -0.4 is 5.32 Å². The molecular weight excluding hydrogens is 312 g/mol. The molecular formula is C16H14N4O2S. The summed E-state index contributed by atoms with van der Waals surface area (Å²) in [6, 6.07) is 10.7. The Hall–Kier alpha value is -2.67. The van der Waals surface area contributed by atoms with Crippen molar-refractivity contribution in [2.24, 2.45) is 0 Å². The molecule has 3 aromatic rings. The van der Waals surface area contributed by atoms with E-state index in [1.807, 2.05) is 19.1 Å². The molecule has 3 aromatic heterocycles. The molecule has 0 atom stereocenters. The molecule has 0 bridgehead atoms. The average Bonchev–Trinajstić information content (AvgIpc) is 2.99. The van der Waals surface area contributed by atoms with E-state index in [-0.39, 0.29) is 5.91 Å². The fourth-order valence-corrected chi connectivity index (χ4v) is 2.80. The molecule has 0 saturated carbocycles. The Kier molecular flexibility index (Phi) is 4.68. The van der Waals surface area contributed by atoms with Crippen molar-refractivity contribution in [3.8, 4) is 0 Å². The van der Waals surface area contributed by atoms with Gasteiger partial charge in [-0.1, -0.05) is 23.0 Å². The van der Waals surface area contributed by atoms with Crippen molar-refractivity contribution in [3.05, 3.63) is 65.8 Å². The van der Waals surface area contributed by atoms with E-state index in [0.29, 0.717) is 22.2 Å². The van der Waals surface area contributed by atoms with Crippen molar-refractivity contribution < 1.29 is 9.32 Å². The second-order valence-electron chi connectivity index (χ2n) is 4.74. The first-order chi connectivity index (χ1) is 11.2. The van der Waals surface area contributed by atoms with Gasteiger partial charge in [-0.25, -0.2) is 9.97 Å². The normalized spacial score (nSPS) is 10.5. The van der Waals surface area contributed by atoms with Gasteiger partial charge in [-0.15, -0.1) is 0 Å². The molecule has 0 spiro atoms. The number of aryl methyl sites for hydroxylation is 1. The lowest BCUT2D eigenvalue weighted by atomic mass is 10.2. The van der Waals surface area contributed by atoms with Crippen LogP contribution in [-0.2, 0) is 5.75 Å². The van der Waals surface area contributed by atoms with E-state index in [1.54, 1.807) is 36.7 Å². The van der Waals surface area contributed by atoms with E-state index in [0.717, 1.165) is 11.5 Å². The van der Waals surface area contributed by atoms with Crippen LogP contribution in [0.3, 0.4) is 0 Å². The SMILES string of the molecule is Cc1cc(CSc2ncccc2C(=O)Nc2ccccn2)no1. The zero-order valence-corrected chi connectivity index (χ0v) is 13.2. The van der Waals surface area contributed by atoms with Crippen LogP contribution in [-0.4, -0.2) is 21.0 Å². The van der Waals surface area contributed by atoms with Crippen LogP contribution >= 0.6 is 11.8 Å². The Labute approximate surface area is 137 Å². The van der Waals surface area contributed by atoms with Crippen LogP contribution in [0.5, 0.6) is 0 Å². The minimum atomic E-state index is -0.240. The van der Waals surface area contributed by atoms with Crippen LogP contribution in [0.4, 0.5) is 5.82 Å². The van der Waals surface area contributed by atoms with Crippen LogP contribution in [0.15, 0.2) is 58.3 Å². The number of anilines is 1. The van der Waals surface area contributed by atoms with Gasteiger partial charge in [0.05, 0.1) is 11.3 Å². The maximum atomic E-state index is 12.4. The summed E-state index contributed by atoms with van der Waals surface area (Å²) in [6.07, 6.45) is 3.29. The molecule has 0 radical (unpaired) electrons. The molecule has 23 heavy (non-hydrogen) atoms. The number of nitrogens with one attached hydrogen (secondary N) is 1. The van der Waals surface area contributed by atoms with E-state index >= 15 is 0 Å². The Morgan fingerprint density at radius 2 is 2.09 bits per heavy atom. The Bertz CT molecular complexity index is 805. The predicted octanol–water partition coefficient (Wildman–Crippen LogP) is 3.32. The maximum Gasteiger partial charge on any atom is 0.259 e. The third-order valence-electron chi connectivity index (χ3n) is 2.96. The minimum Gasteiger partial charge on any atom is -0.361 e. The number of rotatable bonds is 5. The summed E-state index contributed by atoms with van der Waals surface area (Å²) in [5, 5.41) is 7.34. The monoisotopic (exact) mass is 326 g/mol. The number of aromatic nitrogens is 3. The molecule has 0 aliphatic rings. The Morgan fingerprint density at radius 1 is 1.22 bits per heavy atom. The summed E-state index contributed by atoms with van der Waals surface area (Å²) in [6.45, 7) is 1.84. The summed E-state index contributed by atoms with van der Waals surface area (Å²) >= 11 is 1.44. The van der Waals surface area contributed by atoms with Crippen LogP contribution in [0, 0.1) is 6.92 Å².